The second-order valence-corrected chi connectivity index (χ2v) is 3.79. The quantitative estimate of drug-likeness (QED) is 0.649. The van der Waals surface area contributed by atoms with Crippen molar-refractivity contribution in [2.24, 2.45) is 5.73 Å². The maximum atomic E-state index is 9.93. The highest BCUT2D eigenvalue weighted by Gasteiger charge is 2.23. The van der Waals surface area contributed by atoms with E-state index in [4.69, 9.17) is 10.5 Å². The molecule has 1 aromatic carbocycles. The lowest BCUT2D eigenvalue weighted by molar-refractivity contribution is 0.144. The van der Waals surface area contributed by atoms with Gasteiger partial charge in [0, 0.05) is 11.6 Å². The number of aliphatic hydroxyl groups is 1. The summed E-state index contributed by atoms with van der Waals surface area (Å²) in [5, 5.41) is 9.93. The van der Waals surface area contributed by atoms with Crippen molar-refractivity contribution in [2.45, 2.75) is 25.5 Å². The van der Waals surface area contributed by atoms with E-state index in [1.165, 1.54) is 0 Å². The molecule has 1 aliphatic heterocycles. The van der Waals surface area contributed by atoms with Crippen LogP contribution in [0.1, 0.15) is 23.7 Å². The molecule has 0 bridgehead atoms. The van der Waals surface area contributed by atoms with Gasteiger partial charge < -0.3 is 15.6 Å². The normalized spacial score (nSPS) is 26.2. The molecule has 3 nitrogen and oxygen atoms in total. The van der Waals surface area contributed by atoms with Crippen LogP contribution in [0.25, 0.3) is 0 Å². The molecular formula is C11H15NO2. The smallest absolute Gasteiger partial charge is 0.125 e. The molecule has 0 amide bonds. The Bertz CT molecular complexity index is 338. The Morgan fingerprint density at radius 1 is 1.50 bits per heavy atom. The van der Waals surface area contributed by atoms with E-state index in [9.17, 15) is 5.11 Å². The summed E-state index contributed by atoms with van der Waals surface area (Å²) in [4.78, 5) is 0. The minimum absolute atomic E-state index is 0.224. The Kier molecular flexibility index (Phi) is 2.44. The Labute approximate surface area is 83.5 Å². The third kappa shape index (κ3) is 1.61. The average molecular weight is 193 g/mol. The minimum Gasteiger partial charge on any atom is -0.493 e. The Balaban J connectivity index is 2.44. The van der Waals surface area contributed by atoms with Crippen LogP contribution < -0.4 is 10.5 Å². The third-order valence-corrected chi connectivity index (χ3v) is 2.60. The van der Waals surface area contributed by atoms with E-state index in [2.05, 4.69) is 0 Å². The molecule has 1 aromatic rings. The summed E-state index contributed by atoms with van der Waals surface area (Å²) in [5.74, 6) is 0.760. The van der Waals surface area contributed by atoms with Gasteiger partial charge in [-0.15, -0.1) is 0 Å². The van der Waals surface area contributed by atoms with E-state index in [0.717, 1.165) is 16.9 Å². The fourth-order valence-electron chi connectivity index (χ4n) is 1.72. The van der Waals surface area contributed by atoms with Crippen molar-refractivity contribution in [3.8, 4) is 5.75 Å². The molecule has 2 atom stereocenters. The van der Waals surface area contributed by atoms with E-state index in [0.29, 0.717) is 13.0 Å². The predicted molar refractivity (Wildman–Crippen MR) is 54.2 cm³/mol. The number of hydrogen-bond acceptors (Lipinski definition) is 3. The molecule has 76 valence electrons. The van der Waals surface area contributed by atoms with Gasteiger partial charge in [-0.05, 0) is 25.5 Å². The highest BCUT2D eigenvalue weighted by atomic mass is 16.5. The predicted octanol–water partition coefficient (Wildman–Crippen LogP) is 1.14. The lowest BCUT2D eigenvalue weighted by Crippen LogP contribution is -2.28. The molecule has 3 N–H and O–H groups in total. The fraction of sp³-hybridized carbons (Fsp3) is 0.455. The van der Waals surface area contributed by atoms with Gasteiger partial charge in [-0.2, -0.15) is 0 Å². The van der Waals surface area contributed by atoms with Gasteiger partial charge in [-0.1, -0.05) is 11.6 Å². The van der Waals surface area contributed by atoms with E-state index >= 15 is 0 Å². The van der Waals surface area contributed by atoms with Gasteiger partial charge >= 0.3 is 0 Å². The molecule has 0 unspecified atom stereocenters. The largest absolute Gasteiger partial charge is 0.493 e. The molecule has 1 aliphatic rings. The number of aliphatic hydroxyl groups excluding tert-OH is 1. The van der Waals surface area contributed by atoms with Crippen molar-refractivity contribution < 1.29 is 9.84 Å². The molecule has 0 spiro atoms. The van der Waals surface area contributed by atoms with Gasteiger partial charge in [0.15, 0.2) is 0 Å². The Hall–Kier alpha value is -1.06. The van der Waals surface area contributed by atoms with Gasteiger partial charge in [0.2, 0.25) is 0 Å². The van der Waals surface area contributed by atoms with Gasteiger partial charge in [-0.25, -0.2) is 0 Å². The zero-order valence-corrected chi connectivity index (χ0v) is 8.23. The summed E-state index contributed by atoms with van der Waals surface area (Å²) in [7, 11) is 0. The lowest BCUT2D eigenvalue weighted by Gasteiger charge is -2.16. The van der Waals surface area contributed by atoms with Gasteiger partial charge in [-0.3, -0.25) is 0 Å². The number of fused-ring (bicyclic) bond motifs is 1. The number of rotatable bonds is 0. The fourth-order valence-corrected chi connectivity index (χ4v) is 1.72. The Morgan fingerprint density at radius 2 is 2.29 bits per heavy atom. The third-order valence-electron chi connectivity index (χ3n) is 2.60. The molecule has 14 heavy (non-hydrogen) atoms. The van der Waals surface area contributed by atoms with E-state index in [1.54, 1.807) is 0 Å². The van der Waals surface area contributed by atoms with E-state index in [-0.39, 0.29) is 6.04 Å². The van der Waals surface area contributed by atoms with Gasteiger partial charge in [0.25, 0.3) is 0 Å². The molecule has 0 fully saturated rings. The highest BCUT2D eigenvalue weighted by Crippen LogP contribution is 2.31. The van der Waals surface area contributed by atoms with Crippen molar-refractivity contribution in [3.63, 3.8) is 0 Å². The first kappa shape index (κ1) is 9.49. The number of nitrogens with two attached hydrogens (primary N) is 1. The summed E-state index contributed by atoms with van der Waals surface area (Å²) in [6.45, 7) is 2.57. The number of aryl methyl sites for hydroxylation is 1. The average Bonchev–Trinajstić information content (AvgIpc) is 2.30. The highest BCUT2D eigenvalue weighted by molar-refractivity contribution is 5.39. The second-order valence-electron chi connectivity index (χ2n) is 3.79. The first-order chi connectivity index (χ1) is 6.68. The summed E-state index contributed by atoms with van der Waals surface area (Å²) in [6.07, 6.45) is 0.0851. The first-order valence-electron chi connectivity index (χ1n) is 4.85. The van der Waals surface area contributed by atoms with Crippen LogP contribution in [0.15, 0.2) is 18.2 Å². The second kappa shape index (κ2) is 3.59. The summed E-state index contributed by atoms with van der Waals surface area (Å²) >= 11 is 0. The number of hydrogen-bond donors (Lipinski definition) is 2. The van der Waals surface area contributed by atoms with Crippen LogP contribution in [0, 0.1) is 6.92 Å². The lowest BCUT2D eigenvalue weighted by atomic mass is 9.99. The standard InChI is InChI=1S/C11H15NO2/c1-7-2-3-10-8(6-7)11(13)9(12)4-5-14-10/h2-3,6,9,11,13H,4-5,12H2,1H3/t9-,11+/m1/s1. The maximum Gasteiger partial charge on any atom is 0.125 e. The first-order valence-corrected chi connectivity index (χ1v) is 4.85. The van der Waals surface area contributed by atoms with Crippen molar-refractivity contribution in [1.29, 1.82) is 0 Å². The number of benzene rings is 1. The molecule has 2 rings (SSSR count). The number of ether oxygens (including phenoxy) is 1. The topological polar surface area (TPSA) is 55.5 Å². The van der Waals surface area contributed by atoms with Gasteiger partial charge in [0.05, 0.1) is 12.7 Å². The van der Waals surface area contributed by atoms with Crippen LogP contribution in [0.5, 0.6) is 5.75 Å². The van der Waals surface area contributed by atoms with Crippen LogP contribution in [-0.2, 0) is 0 Å². The maximum absolute atomic E-state index is 9.93. The minimum atomic E-state index is -0.604. The van der Waals surface area contributed by atoms with Crippen LogP contribution in [0.3, 0.4) is 0 Å². The molecular weight excluding hydrogens is 178 g/mol. The zero-order chi connectivity index (χ0) is 10.1. The molecule has 0 saturated heterocycles. The molecule has 0 aromatic heterocycles. The van der Waals surface area contributed by atoms with Crippen molar-refractivity contribution in [3.05, 3.63) is 29.3 Å². The zero-order valence-electron chi connectivity index (χ0n) is 8.23. The SMILES string of the molecule is Cc1ccc2c(c1)[C@H](O)[C@H](N)CCO2. The Morgan fingerprint density at radius 3 is 3.07 bits per heavy atom. The van der Waals surface area contributed by atoms with Crippen molar-refractivity contribution in [2.75, 3.05) is 6.61 Å². The van der Waals surface area contributed by atoms with Crippen LogP contribution in [0.4, 0.5) is 0 Å². The summed E-state index contributed by atoms with van der Waals surface area (Å²) in [5.41, 5.74) is 7.74. The van der Waals surface area contributed by atoms with E-state index < -0.39 is 6.10 Å². The van der Waals surface area contributed by atoms with Crippen LogP contribution in [-0.4, -0.2) is 17.8 Å². The molecule has 0 saturated carbocycles. The van der Waals surface area contributed by atoms with Crippen LogP contribution >= 0.6 is 0 Å². The van der Waals surface area contributed by atoms with Gasteiger partial charge in [0.1, 0.15) is 5.75 Å². The molecule has 0 radical (unpaired) electrons. The van der Waals surface area contributed by atoms with Crippen molar-refractivity contribution in [1.82, 2.24) is 0 Å². The monoisotopic (exact) mass is 193 g/mol. The summed E-state index contributed by atoms with van der Waals surface area (Å²) in [6, 6.07) is 5.58. The molecule has 0 aliphatic carbocycles. The molecule has 3 heteroatoms. The van der Waals surface area contributed by atoms with E-state index in [1.807, 2.05) is 25.1 Å². The van der Waals surface area contributed by atoms with Crippen molar-refractivity contribution >= 4 is 0 Å². The summed E-state index contributed by atoms with van der Waals surface area (Å²) < 4.78 is 5.50. The van der Waals surface area contributed by atoms with Crippen LogP contribution in [0.2, 0.25) is 0 Å². The molecule has 1 heterocycles.